The van der Waals surface area contributed by atoms with E-state index in [-0.39, 0.29) is 30.5 Å². The van der Waals surface area contributed by atoms with Crippen molar-refractivity contribution in [2.45, 2.75) is 31.2 Å². The maximum absolute atomic E-state index is 12.9. The number of fused-ring (bicyclic) bond motifs is 3. The van der Waals surface area contributed by atoms with Crippen molar-refractivity contribution in [2.75, 3.05) is 13.1 Å². The zero-order valence-electron chi connectivity index (χ0n) is 10.4. The van der Waals surface area contributed by atoms with Crippen LogP contribution in [0.2, 0.25) is 0 Å². The van der Waals surface area contributed by atoms with Crippen molar-refractivity contribution in [3.63, 3.8) is 0 Å². The third-order valence-electron chi connectivity index (χ3n) is 4.00. The molecule has 2 atom stereocenters. The summed E-state index contributed by atoms with van der Waals surface area (Å²) in [4.78, 5) is 0. The zero-order chi connectivity index (χ0) is 13.0. The highest BCUT2D eigenvalue weighted by molar-refractivity contribution is 5.85. The summed E-state index contributed by atoms with van der Waals surface area (Å²) in [5, 5.41) is 3.20. The van der Waals surface area contributed by atoms with E-state index in [1.165, 1.54) is 6.07 Å². The minimum absolute atomic E-state index is 0. The summed E-state index contributed by atoms with van der Waals surface area (Å²) in [5.41, 5.74) is 0.144. The second kappa shape index (κ2) is 4.65. The molecule has 0 aromatic heterocycles. The van der Waals surface area contributed by atoms with Gasteiger partial charge in [-0.25, -0.2) is 0 Å². The highest BCUT2D eigenvalue weighted by atomic mass is 35.5. The smallest absolute Gasteiger partial charge is 0.369 e. The molecule has 2 heterocycles. The maximum Gasteiger partial charge on any atom is 0.416 e. The molecular formula is C13H15ClF3NO. The van der Waals surface area contributed by atoms with Gasteiger partial charge in [0.25, 0.3) is 0 Å². The Balaban J connectivity index is 0.00000133. The van der Waals surface area contributed by atoms with E-state index in [4.69, 9.17) is 4.74 Å². The van der Waals surface area contributed by atoms with Crippen LogP contribution in [0.1, 0.15) is 29.5 Å². The van der Waals surface area contributed by atoms with Crippen LogP contribution >= 0.6 is 12.4 Å². The van der Waals surface area contributed by atoms with Crippen LogP contribution in [-0.4, -0.2) is 18.7 Å². The third-order valence-corrected chi connectivity index (χ3v) is 4.00. The van der Waals surface area contributed by atoms with Crippen LogP contribution in [0.4, 0.5) is 13.2 Å². The summed E-state index contributed by atoms with van der Waals surface area (Å²) in [6.07, 6.45) is -4.31. The molecule has 2 aliphatic heterocycles. The van der Waals surface area contributed by atoms with Crippen molar-refractivity contribution in [2.24, 2.45) is 0 Å². The molecular weight excluding hydrogens is 279 g/mol. The summed E-state index contributed by atoms with van der Waals surface area (Å²) in [5.74, 6) is 0.00329. The van der Waals surface area contributed by atoms with Crippen LogP contribution in [0.15, 0.2) is 18.2 Å². The van der Waals surface area contributed by atoms with Crippen molar-refractivity contribution >= 4 is 12.4 Å². The SMILES string of the molecule is C[C@]12CNC[C@@H]1c1cccc(C(F)(F)F)c1CO2.Cl. The molecule has 0 radical (unpaired) electrons. The predicted octanol–water partition coefficient (Wildman–Crippen LogP) is 3.10. The molecule has 1 aromatic carbocycles. The summed E-state index contributed by atoms with van der Waals surface area (Å²) in [6.45, 7) is 3.36. The monoisotopic (exact) mass is 293 g/mol. The van der Waals surface area contributed by atoms with Crippen molar-refractivity contribution in [1.82, 2.24) is 5.32 Å². The van der Waals surface area contributed by atoms with Crippen LogP contribution < -0.4 is 5.32 Å². The van der Waals surface area contributed by atoms with Crippen LogP contribution in [0.5, 0.6) is 0 Å². The van der Waals surface area contributed by atoms with Crippen LogP contribution in [0.3, 0.4) is 0 Å². The fraction of sp³-hybridized carbons (Fsp3) is 0.538. The van der Waals surface area contributed by atoms with E-state index >= 15 is 0 Å². The Morgan fingerprint density at radius 1 is 1.37 bits per heavy atom. The lowest BCUT2D eigenvalue weighted by atomic mass is 9.80. The number of alkyl halides is 3. The fourth-order valence-corrected chi connectivity index (χ4v) is 2.99. The molecule has 1 saturated heterocycles. The van der Waals surface area contributed by atoms with Gasteiger partial charge in [0, 0.05) is 19.0 Å². The van der Waals surface area contributed by atoms with Gasteiger partial charge in [-0.3, -0.25) is 0 Å². The van der Waals surface area contributed by atoms with Crippen molar-refractivity contribution in [3.8, 4) is 0 Å². The summed E-state index contributed by atoms with van der Waals surface area (Å²) < 4.78 is 44.5. The van der Waals surface area contributed by atoms with Gasteiger partial charge in [0.05, 0.1) is 17.8 Å². The van der Waals surface area contributed by atoms with Gasteiger partial charge in [-0.05, 0) is 24.1 Å². The molecule has 3 rings (SSSR count). The molecule has 1 N–H and O–H groups in total. The molecule has 0 bridgehead atoms. The number of hydrogen-bond donors (Lipinski definition) is 1. The topological polar surface area (TPSA) is 21.3 Å². The van der Waals surface area contributed by atoms with E-state index in [9.17, 15) is 13.2 Å². The van der Waals surface area contributed by atoms with E-state index in [0.29, 0.717) is 18.7 Å². The van der Waals surface area contributed by atoms with Crippen LogP contribution in [0.25, 0.3) is 0 Å². The van der Waals surface area contributed by atoms with Crippen LogP contribution in [-0.2, 0) is 17.5 Å². The van der Waals surface area contributed by atoms with Gasteiger partial charge in [0.15, 0.2) is 0 Å². The molecule has 19 heavy (non-hydrogen) atoms. The fourth-order valence-electron chi connectivity index (χ4n) is 2.99. The molecule has 0 unspecified atom stereocenters. The first kappa shape index (κ1) is 14.6. The van der Waals surface area contributed by atoms with E-state index < -0.39 is 11.7 Å². The highest BCUT2D eigenvalue weighted by Crippen LogP contribution is 2.44. The number of ether oxygens (including phenoxy) is 1. The van der Waals surface area contributed by atoms with Gasteiger partial charge in [-0.15, -0.1) is 12.4 Å². The molecule has 1 fully saturated rings. The molecule has 2 aliphatic rings. The second-order valence-corrected chi connectivity index (χ2v) is 5.16. The molecule has 2 nitrogen and oxygen atoms in total. The Bertz CT molecular complexity index is 491. The first-order valence-corrected chi connectivity index (χ1v) is 5.95. The van der Waals surface area contributed by atoms with Crippen molar-refractivity contribution < 1.29 is 17.9 Å². The standard InChI is InChI=1S/C13H14F3NO.ClH/c1-12-7-17-5-11(12)8-3-2-4-10(13(14,15)16)9(8)6-18-12;/h2-4,11,17H,5-7H2,1H3;1H/t11-,12+;/m1./s1. The lowest BCUT2D eigenvalue weighted by molar-refractivity contribution is -0.140. The quantitative estimate of drug-likeness (QED) is 0.794. The number of nitrogens with one attached hydrogen (secondary N) is 1. The summed E-state index contributed by atoms with van der Waals surface area (Å²) in [6, 6.07) is 4.42. The molecule has 0 spiro atoms. The highest BCUT2D eigenvalue weighted by Gasteiger charge is 2.46. The lowest BCUT2D eigenvalue weighted by Gasteiger charge is -2.38. The van der Waals surface area contributed by atoms with Gasteiger partial charge in [-0.1, -0.05) is 12.1 Å². The molecule has 0 saturated carbocycles. The molecule has 1 aromatic rings. The average Bonchev–Trinajstić information content (AvgIpc) is 2.69. The zero-order valence-corrected chi connectivity index (χ0v) is 11.2. The largest absolute Gasteiger partial charge is 0.416 e. The minimum atomic E-state index is -4.31. The molecule has 0 aliphatic carbocycles. The average molecular weight is 294 g/mol. The van der Waals surface area contributed by atoms with Gasteiger partial charge >= 0.3 is 6.18 Å². The Labute approximate surface area is 115 Å². The molecule has 106 valence electrons. The summed E-state index contributed by atoms with van der Waals surface area (Å²) >= 11 is 0. The molecule has 0 amide bonds. The Kier molecular flexibility index (Phi) is 3.58. The van der Waals surface area contributed by atoms with Crippen molar-refractivity contribution in [1.29, 1.82) is 0 Å². The van der Waals surface area contributed by atoms with Crippen LogP contribution in [0, 0.1) is 0 Å². The number of hydrogen-bond acceptors (Lipinski definition) is 2. The number of halogens is 4. The summed E-state index contributed by atoms with van der Waals surface area (Å²) in [7, 11) is 0. The van der Waals surface area contributed by atoms with E-state index in [0.717, 1.165) is 11.6 Å². The lowest BCUT2D eigenvalue weighted by Crippen LogP contribution is -2.40. The maximum atomic E-state index is 12.9. The van der Waals surface area contributed by atoms with Gasteiger partial charge in [0.2, 0.25) is 0 Å². The Morgan fingerprint density at radius 2 is 2.11 bits per heavy atom. The second-order valence-electron chi connectivity index (χ2n) is 5.16. The van der Waals surface area contributed by atoms with E-state index in [1.54, 1.807) is 6.07 Å². The van der Waals surface area contributed by atoms with Gasteiger partial charge in [0.1, 0.15) is 0 Å². The van der Waals surface area contributed by atoms with Gasteiger partial charge < -0.3 is 10.1 Å². The molecule has 6 heteroatoms. The normalized spacial score (nSPS) is 29.4. The van der Waals surface area contributed by atoms with Crippen molar-refractivity contribution in [3.05, 3.63) is 34.9 Å². The van der Waals surface area contributed by atoms with Gasteiger partial charge in [-0.2, -0.15) is 13.2 Å². The third kappa shape index (κ3) is 2.24. The number of rotatable bonds is 0. The number of benzene rings is 1. The first-order chi connectivity index (χ1) is 8.42. The minimum Gasteiger partial charge on any atom is -0.369 e. The predicted molar refractivity (Wildman–Crippen MR) is 67.5 cm³/mol. The van der Waals surface area contributed by atoms with E-state index in [1.807, 2.05) is 6.92 Å². The first-order valence-electron chi connectivity index (χ1n) is 5.95. The Morgan fingerprint density at radius 3 is 2.79 bits per heavy atom. The van der Waals surface area contributed by atoms with E-state index in [2.05, 4.69) is 5.32 Å². The Hall–Kier alpha value is -0.780.